The number of carbonyl (C=O) groups is 1. The topological polar surface area (TPSA) is 59.6 Å². The van der Waals surface area contributed by atoms with Gasteiger partial charge in [0.15, 0.2) is 0 Å². The average Bonchev–Trinajstić information content (AvgIpc) is 2.37. The number of carbonyl (C=O) groups excluding carboxylic acids is 1. The molecule has 0 spiro atoms. The fraction of sp³-hybridized carbons (Fsp3) is 0.250. The van der Waals surface area contributed by atoms with Crippen molar-refractivity contribution in [2.24, 2.45) is 0 Å². The maximum absolute atomic E-state index is 11.5. The summed E-state index contributed by atoms with van der Waals surface area (Å²) in [4.78, 5) is 11.5. The van der Waals surface area contributed by atoms with Gasteiger partial charge in [-0.2, -0.15) is 0 Å². The molecule has 0 heterocycles. The summed E-state index contributed by atoms with van der Waals surface area (Å²) in [6.07, 6.45) is 3.23. The molecule has 0 saturated carbocycles. The molecule has 1 aromatic carbocycles. The first-order valence-corrected chi connectivity index (χ1v) is 5.60. The maximum Gasteiger partial charge on any atom is 0.323 e. The average molecular weight is 271 g/mol. The second-order valence-electron chi connectivity index (χ2n) is 3.29. The first-order chi connectivity index (χ1) is 8.62. The number of ether oxygens (including phenoxy) is 2. The highest BCUT2D eigenvalue weighted by Crippen LogP contribution is 2.35. The number of hydrogen-bond donors (Lipinski definition) is 2. The molecule has 1 aromatic rings. The highest BCUT2D eigenvalue weighted by atomic mass is 35.5. The highest BCUT2D eigenvalue weighted by Gasteiger charge is 2.11. The SMILES string of the molecule is C/C=C/NC(=O)Nc1cc(OC)c(Cl)cc1OC. The lowest BCUT2D eigenvalue weighted by Crippen LogP contribution is -2.24. The highest BCUT2D eigenvalue weighted by molar-refractivity contribution is 6.32. The molecule has 0 radical (unpaired) electrons. The van der Waals surface area contributed by atoms with Gasteiger partial charge >= 0.3 is 6.03 Å². The van der Waals surface area contributed by atoms with Crippen molar-refractivity contribution in [2.75, 3.05) is 19.5 Å². The second-order valence-corrected chi connectivity index (χ2v) is 3.69. The predicted octanol–water partition coefficient (Wildman–Crippen LogP) is 3.01. The summed E-state index contributed by atoms with van der Waals surface area (Å²) in [6, 6.07) is 2.79. The van der Waals surface area contributed by atoms with Gasteiger partial charge in [0, 0.05) is 18.3 Å². The van der Waals surface area contributed by atoms with Crippen molar-refractivity contribution in [3.05, 3.63) is 29.4 Å². The Kier molecular flexibility index (Phi) is 5.32. The van der Waals surface area contributed by atoms with Crippen LogP contribution in [0.25, 0.3) is 0 Å². The van der Waals surface area contributed by atoms with E-state index in [0.29, 0.717) is 22.2 Å². The summed E-state index contributed by atoms with van der Waals surface area (Å²) in [7, 11) is 2.99. The third-order valence-corrected chi connectivity index (χ3v) is 2.40. The zero-order valence-corrected chi connectivity index (χ0v) is 11.2. The largest absolute Gasteiger partial charge is 0.495 e. The monoisotopic (exact) mass is 270 g/mol. The van der Waals surface area contributed by atoms with Crippen molar-refractivity contribution in [1.29, 1.82) is 0 Å². The normalized spacial score (nSPS) is 10.2. The van der Waals surface area contributed by atoms with Crippen LogP contribution in [-0.2, 0) is 0 Å². The molecule has 0 fully saturated rings. The lowest BCUT2D eigenvalue weighted by atomic mass is 10.2. The van der Waals surface area contributed by atoms with Gasteiger partial charge < -0.3 is 20.1 Å². The van der Waals surface area contributed by atoms with Crippen LogP contribution >= 0.6 is 11.6 Å². The molecule has 2 amide bonds. The number of halogens is 1. The fourth-order valence-corrected chi connectivity index (χ4v) is 1.51. The molecular formula is C12H15ClN2O3. The minimum absolute atomic E-state index is 0.379. The van der Waals surface area contributed by atoms with Gasteiger partial charge in [0.05, 0.1) is 24.9 Å². The Bertz CT molecular complexity index is 461. The van der Waals surface area contributed by atoms with Gasteiger partial charge in [0.1, 0.15) is 11.5 Å². The Morgan fingerprint density at radius 2 is 1.94 bits per heavy atom. The predicted molar refractivity (Wildman–Crippen MR) is 71.5 cm³/mol. The fourth-order valence-electron chi connectivity index (χ4n) is 1.28. The van der Waals surface area contributed by atoms with Crippen molar-refractivity contribution in [3.63, 3.8) is 0 Å². The molecule has 98 valence electrons. The molecule has 0 saturated heterocycles. The maximum atomic E-state index is 11.5. The molecule has 18 heavy (non-hydrogen) atoms. The smallest absolute Gasteiger partial charge is 0.323 e. The lowest BCUT2D eigenvalue weighted by molar-refractivity contribution is 0.255. The van der Waals surface area contributed by atoms with Crippen LogP contribution in [0, 0.1) is 0 Å². The standard InChI is InChI=1S/C12H15ClN2O3/c1-4-5-14-12(16)15-9-7-10(17-2)8(13)6-11(9)18-3/h4-7H,1-3H3,(H2,14,15,16)/b5-4+. The lowest BCUT2D eigenvalue weighted by Gasteiger charge is -2.12. The summed E-state index contributed by atoms with van der Waals surface area (Å²) in [6.45, 7) is 1.80. The number of amides is 2. The van der Waals surface area contributed by atoms with E-state index in [9.17, 15) is 4.79 Å². The molecule has 0 atom stereocenters. The van der Waals surface area contributed by atoms with Crippen molar-refractivity contribution in [1.82, 2.24) is 5.32 Å². The van der Waals surface area contributed by atoms with E-state index < -0.39 is 0 Å². The Morgan fingerprint density at radius 3 is 2.50 bits per heavy atom. The van der Waals surface area contributed by atoms with Gasteiger partial charge in [-0.3, -0.25) is 0 Å². The van der Waals surface area contributed by atoms with Crippen LogP contribution < -0.4 is 20.1 Å². The summed E-state index contributed by atoms with van der Waals surface area (Å²) < 4.78 is 10.2. The van der Waals surface area contributed by atoms with E-state index in [2.05, 4.69) is 10.6 Å². The first-order valence-electron chi connectivity index (χ1n) is 5.22. The number of allylic oxidation sites excluding steroid dienone is 1. The summed E-state index contributed by atoms with van der Waals surface area (Å²) in [5, 5.41) is 5.57. The third-order valence-electron chi connectivity index (χ3n) is 2.10. The summed E-state index contributed by atoms with van der Waals surface area (Å²) in [5.41, 5.74) is 0.473. The third kappa shape index (κ3) is 3.56. The minimum Gasteiger partial charge on any atom is -0.495 e. The van der Waals surface area contributed by atoms with Crippen LogP contribution in [0.4, 0.5) is 10.5 Å². The van der Waals surface area contributed by atoms with Crippen molar-refractivity contribution >= 4 is 23.3 Å². The molecule has 5 nitrogen and oxygen atoms in total. The molecule has 0 aliphatic rings. The molecule has 0 aliphatic heterocycles. The van der Waals surface area contributed by atoms with Gasteiger partial charge in [-0.25, -0.2) is 4.79 Å². The number of rotatable bonds is 4. The van der Waals surface area contributed by atoms with Crippen LogP contribution in [0.15, 0.2) is 24.4 Å². The Balaban J connectivity index is 2.95. The molecule has 0 aliphatic carbocycles. The van der Waals surface area contributed by atoms with Gasteiger partial charge in [0.2, 0.25) is 0 Å². The van der Waals surface area contributed by atoms with Gasteiger partial charge in [-0.1, -0.05) is 17.7 Å². The molecule has 6 heteroatoms. The van der Waals surface area contributed by atoms with Crippen LogP contribution in [0.5, 0.6) is 11.5 Å². The van der Waals surface area contributed by atoms with Gasteiger partial charge in [0.25, 0.3) is 0 Å². The molecule has 2 N–H and O–H groups in total. The molecule has 0 bridgehead atoms. The Morgan fingerprint density at radius 1 is 1.28 bits per heavy atom. The minimum atomic E-state index is -0.379. The number of urea groups is 1. The van der Waals surface area contributed by atoms with Crippen LogP contribution in [-0.4, -0.2) is 20.3 Å². The zero-order chi connectivity index (χ0) is 13.5. The molecular weight excluding hydrogens is 256 g/mol. The van der Waals surface area contributed by atoms with Crippen molar-refractivity contribution in [2.45, 2.75) is 6.92 Å². The Hall–Kier alpha value is -1.88. The number of hydrogen-bond acceptors (Lipinski definition) is 3. The van der Waals surface area contributed by atoms with Gasteiger partial charge in [-0.05, 0) is 6.92 Å². The number of methoxy groups -OCH3 is 2. The van der Waals surface area contributed by atoms with Gasteiger partial charge in [-0.15, -0.1) is 0 Å². The summed E-state index contributed by atoms with van der Waals surface area (Å²) in [5.74, 6) is 0.912. The molecule has 0 aromatic heterocycles. The van der Waals surface area contributed by atoms with Crippen molar-refractivity contribution in [3.8, 4) is 11.5 Å². The van der Waals surface area contributed by atoms with Crippen molar-refractivity contribution < 1.29 is 14.3 Å². The zero-order valence-electron chi connectivity index (χ0n) is 10.4. The Labute approximate surface area is 111 Å². The number of anilines is 1. The van der Waals surface area contributed by atoms with E-state index in [4.69, 9.17) is 21.1 Å². The molecule has 0 unspecified atom stereocenters. The second kappa shape index (κ2) is 6.76. The first kappa shape index (κ1) is 14.2. The molecule has 1 rings (SSSR count). The summed E-state index contributed by atoms with van der Waals surface area (Å²) >= 11 is 5.96. The van der Waals surface area contributed by atoms with Crippen LogP contribution in [0.1, 0.15) is 6.92 Å². The number of benzene rings is 1. The van der Waals surface area contributed by atoms with Crippen LogP contribution in [0.3, 0.4) is 0 Å². The van der Waals surface area contributed by atoms with Crippen LogP contribution in [0.2, 0.25) is 5.02 Å². The quantitative estimate of drug-likeness (QED) is 0.884. The van der Waals surface area contributed by atoms with E-state index in [1.807, 2.05) is 0 Å². The van der Waals surface area contributed by atoms with E-state index >= 15 is 0 Å². The van der Waals surface area contributed by atoms with E-state index in [-0.39, 0.29) is 6.03 Å². The van der Waals surface area contributed by atoms with E-state index in [0.717, 1.165) is 0 Å². The van der Waals surface area contributed by atoms with E-state index in [1.165, 1.54) is 20.4 Å². The number of nitrogens with one attached hydrogen (secondary N) is 2. The van der Waals surface area contributed by atoms with E-state index in [1.54, 1.807) is 25.1 Å².